The fraction of sp³-hybridized carbons (Fsp3) is 0.188. The number of hydrogen-bond acceptors (Lipinski definition) is 3. The lowest BCUT2D eigenvalue weighted by Crippen LogP contribution is -2.29. The van der Waals surface area contributed by atoms with Gasteiger partial charge in [0.1, 0.15) is 0 Å². The Kier molecular flexibility index (Phi) is 2.42. The Morgan fingerprint density at radius 3 is 2.35 bits per heavy atom. The van der Waals surface area contributed by atoms with Crippen LogP contribution in [-0.2, 0) is 15.3 Å². The molecule has 2 aromatic carbocycles. The molecular formula is C16H13NO3. The van der Waals surface area contributed by atoms with Gasteiger partial charge in [-0.25, -0.2) is 0 Å². The fourth-order valence-electron chi connectivity index (χ4n) is 2.91. The first-order valence-corrected chi connectivity index (χ1v) is 6.59. The van der Waals surface area contributed by atoms with Gasteiger partial charge in [0.05, 0.1) is 13.2 Å². The van der Waals surface area contributed by atoms with E-state index < -0.39 is 5.79 Å². The van der Waals surface area contributed by atoms with Crippen LogP contribution in [0.4, 0.5) is 5.69 Å². The highest BCUT2D eigenvalue weighted by Gasteiger charge is 2.46. The van der Waals surface area contributed by atoms with Gasteiger partial charge in [-0.15, -0.1) is 0 Å². The summed E-state index contributed by atoms with van der Waals surface area (Å²) in [6, 6.07) is 15.0. The highest BCUT2D eigenvalue weighted by atomic mass is 16.7. The predicted octanol–water partition coefficient (Wildman–Crippen LogP) is 2.50. The molecule has 1 amide bonds. The first kappa shape index (κ1) is 11.6. The highest BCUT2D eigenvalue weighted by molar-refractivity contribution is 6.07. The second-order valence-corrected chi connectivity index (χ2v) is 4.86. The summed E-state index contributed by atoms with van der Waals surface area (Å²) in [6.45, 7) is 1.02. The average Bonchev–Trinajstić information content (AvgIpc) is 2.94. The number of carbonyl (C=O) groups is 1. The van der Waals surface area contributed by atoms with Crippen molar-refractivity contribution in [3.05, 3.63) is 65.2 Å². The number of nitrogens with one attached hydrogen (secondary N) is 1. The Hall–Kier alpha value is -2.17. The van der Waals surface area contributed by atoms with Crippen LogP contribution < -0.4 is 5.32 Å². The van der Waals surface area contributed by atoms with Gasteiger partial charge < -0.3 is 14.8 Å². The maximum Gasteiger partial charge on any atom is 0.256 e. The van der Waals surface area contributed by atoms with Crippen molar-refractivity contribution >= 4 is 11.6 Å². The quantitative estimate of drug-likeness (QED) is 0.797. The number of amides is 1. The molecule has 20 heavy (non-hydrogen) atoms. The summed E-state index contributed by atoms with van der Waals surface area (Å²) < 4.78 is 11.9. The molecule has 2 aliphatic rings. The maximum atomic E-state index is 12.4. The van der Waals surface area contributed by atoms with E-state index in [1.165, 1.54) is 0 Å². The van der Waals surface area contributed by atoms with E-state index in [1.54, 1.807) is 6.07 Å². The van der Waals surface area contributed by atoms with Crippen molar-refractivity contribution in [3.63, 3.8) is 0 Å². The monoisotopic (exact) mass is 267 g/mol. The molecule has 0 aromatic heterocycles. The zero-order valence-corrected chi connectivity index (χ0v) is 10.8. The number of carbonyl (C=O) groups excluding carboxylic acids is 1. The lowest BCUT2D eigenvalue weighted by molar-refractivity contribution is -0.129. The maximum absolute atomic E-state index is 12.4. The second-order valence-electron chi connectivity index (χ2n) is 4.86. The summed E-state index contributed by atoms with van der Waals surface area (Å²) in [4.78, 5) is 12.4. The number of para-hydroxylation sites is 1. The normalized spacial score (nSPS) is 19.1. The van der Waals surface area contributed by atoms with Crippen molar-refractivity contribution in [2.75, 3.05) is 18.5 Å². The van der Waals surface area contributed by atoms with Crippen LogP contribution in [-0.4, -0.2) is 19.1 Å². The van der Waals surface area contributed by atoms with Crippen LogP contribution in [0, 0.1) is 0 Å². The zero-order valence-electron chi connectivity index (χ0n) is 10.8. The third-order valence-electron chi connectivity index (χ3n) is 3.75. The van der Waals surface area contributed by atoms with Crippen molar-refractivity contribution in [1.82, 2.24) is 0 Å². The Labute approximate surface area is 116 Å². The summed E-state index contributed by atoms with van der Waals surface area (Å²) in [7, 11) is 0. The van der Waals surface area contributed by atoms with Gasteiger partial charge in [0.25, 0.3) is 5.91 Å². The lowest BCUT2D eigenvalue weighted by atomic mass is 9.93. The van der Waals surface area contributed by atoms with Gasteiger partial charge in [0.2, 0.25) is 5.79 Å². The topological polar surface area (TPSA) is 47.6 Å². The van der Waals surface area contributed by atoms with Crippen LogP contribution in [0.2, 0.25) is 0 Å². The van der Waals surface area contributed by atoms with Crippen LogP contribution in [0.5, 0.6) is 0 Å². The third kappa shape index (κ3) is 1.46. The van der Waals surface area contributed by atoms with Crippen molar-refractivity contribution in [3.8, 4) is 0 Å². The van der Waals surface area contributed by atoms with Crippen molar-refractivity contribution < 1.29 is 14.3 Å². The molecule has 0 radical (unpaired) electrons. The zero-order chi connectivity index (χ0) is 13.6. The molecule has 0 bridgehead atoms. The third-order valence-corrected chi connectivity index (χ3v) is 3.75. The van der Waals surface area contributed by atoms with Crippen LogP contribution in [0.1, 0.15) is 21.5 Å². The molecule has 1 saturated heterocycles. The molecule has 0 unspecified atom stereocenters. The van der Waals surface area contributed by atoms with E-state index in [-0.39, 0.29) is 5.91 Å². The lowest BCUT2D eigenvalue weighted by Gasteiger charge is -2.28. The summed E-state index contributed by atoms with van der Waals surface area (Å²) in [5, 5.41) is 2.93. The van der Waals surface area contributed by atoms with Gasteiger partial charge >= 0.3 is 0 Å². The van der Waals surface area contributed by atoms with Crippen LogP contribution in [0.25, 0.3) is 0 Å². The average molecular weight is 267 g/mol. The molecule has 100 valence electrons. The minimum absolute atomic E-state index is 0.135. The summed E-state index contributed by atoms with van der Waals surface area (Å²) in [6.07, 6.45) is 0. The van der Waals surface area contributed by atoms with Gasteiger partial charge in [0, 0.05) is 22.4 Å². The largest absolute Gasteiger partial charge is 0.340 e. The minimum atomic E-state index is -0.980. The summed E-state index contributed by atoms with van der Waals surface area (Å²) >= 11 is 0. The molecule has 2 aromatic rings. The van der Waals surface area contributed by atoms with E-state index in [4.69, 9.17) is 9.47 Å². The SMILES string of the molecule is O=C1Nc2ccccc2C2(OCCO2)c2ccccc21. The van der Waals surface area contributed by atoms with E-state index in [2.05, 4.69) is 5.32 Å². The van der Waals surface area contributed by atoms with Gasteiger partial charge in [-0.05, 0) is 12.1 Å². The van der Waals surface area contributed by atoms with E-state index in [1.807, 2.05) is 42.5 Å². The molecule has 0 saturated carbocycles. The summed E-state index contributed by atoms with van der Waals surface area (Å²) in [5.74, 6) is -1.11. The molecule has 1 spiro atoms. The van der Waals surface area contributed by atoms with Crippen molar-refractivity contribution in [1.29, 1.82) is 0 Å². The van der Waals surface area contributed by atoms with Crippen LogP contribution in [0.3, 0.4) is 0 Å². The Balaban J connectivity index is 2.06. The van der Waals surface area contributed by atoms with Gasteiger partial charge in [0.15, 0.2) is 0 Å². The van der Waals surface area contributed by atoms with Crippen molar-refractivity contribution in [2.24, 2.45) is 0 Å². The second kappa shape index (κ2) is 4.16. The molecule has 1 fully saturated rings. The highest BCUT2D eigenvalue weighted by Crippen LogP contribution is 2.44. The predicted molar refractivity (Wildman–Crippen MR) is 73.5 cm³/mol. The molecule has 4 nitrogen and oxygen atoms in total. The number of anilines is 1. The Morgan fingerprint density at radius 1 is 0.900 bits per heavy atom. The van der Waals surface area contributed by atoms with E-state index >= 15 is 0 Å². The van der Waals surface area contributed by atoms with E-state index in [0.29, 0.717) is 18.8 Å². The van der Waals surface area contributed by atoms with Gasteiger partial charge in [-0.2, -0.15) is 0 Å². The smallest absolute Gasteiger partial charge is 0.256 e. The molecular weight excluding hydrogens is 254 g/mol. The molecule has 2 aliphatic heterocycles. The summed E-state index contributed by atoms with van der Waals surface area (Å²) in [5.41, 5.74) is 2.93. The number of fused-ring (bicyclic) bond motifs is 4. The number of hydrogen-bond donors (Lipinski definition) is 1. The van der Waals surface area contributed by atoms with Crippen molar-refractivity contribution in [2.45, 2.75) is 5.79 Å². The van der Waals surface area contributed by atoms with Crippen LogP contribution in [0.15, 0.2) is 48.5 Å². The first-order valence-electron chi connectivity index (χ1n) is 6.59. The molecule has 0 aliphatic carbocycles. The van der Waals surface area contributed by atoms with Gasteiger partial charge in [-0.3, -0.25) is 4.79 Å². The van der Waals surface area contributed by atoms with E-state index in [9.17, 15) is 4.79 Å². The standard InChI is InChI=1S/C16H13NO3/c18-15-11-5-1-2-6-12(11)16(19-9-10-20-16)13-7-3-4-8-14(13)17-15/h1-8H,9-10H2,(H,17,18). The number of rotatable bonds is 0. The van der Waals surface area contributed by atoms with Crippen LogP contribution >= 0.6 is 0 Å². The minimum Gasteiger partial charge on any atom is -0.340 e. The molecule has 0 atom stereocenters. The molecule has 4 heteroatoms. The number of ether oxygens (including phenoxy) is 2. The molecule has 2 heterocycles. The first-order chi connectivity index (χ1) is 9.81. The Morgan fingerprint density at radius 2 is 1.55 bits per heavy atom. The molecule has 4 rings (SSSR count). The fourth-order valence-corrected chi connectivity index (χ4v) is 2.91. The Bertz CT molecular complexity index is 690. The molecule has 1 N–H and O–H groups in total. The van der Waals surface area contributed by atoms with E-state index in [0.717, 1.165) is 16.8 Å². The van der Waals surface area contributed by atoms with Gasteiger partial charge in [-0.1, -0.05) is 36.4 Å². The number of benzene rings is 2.